The van der Waals surface area contributed by atoms with Crippen LogP contribution in [0.5, 0.6) is 0 Å². The van der Waals surface area contributed by atoms with Gasteiger partial charge in [-0.05, 0) is 13.8 Å². The van der Waals surface area contributed by atoms with Crippen LogP contribution in [0.4, 0.5) is 0 Å². The van der Waals surface area contributed by atoms with E-state index in [1.54, 1.807) is 6.33 Å². The minimum absolute atomic E-state index is 0.0867. The molecule has 0 radical (unpaired) electrons. The topological polar surface area (TPSA) is 60.7 Å². The van der Waals surface area contributed by atoms with Crippen molar-refractivity contribution in [2.45, 2.75) is 26.8 Å². The molecule has 0 fully saturated rings. The van der Waals surface area contributed by atoms with Gasteiger partial charge in [0.1, 0.15) is 17.5 Å². The molecule has 0 aliphatic rings. The van der Waals surface area contributed by atoms with Gasteiger partial charge in [-0.15, -0.1) is 0 Å². The van der Waals surface area contributed by atoms with Crippen molar-refractivity contribution in [2.24, 2.45) is 0 Å². The van der Waals surface area contributed by atoms with Crippen molar-refractivity contribution in [3.8, 4) is 0 Å². The fraction of sp³-hybridized carbons (Fsp3) is 0.400. The van der Waals surface area contributed by atoms with Crippen LogP contribution in [-0.4, -0.2) is 25.3 Å². The lowest BCUT2D eigenvalue weighted by Gasteiger charge is -2.06. The molecular formula is C10H12N4O. The number of aromatic nitrogens is 4. The Hall–Kier alpha value is -1.78. The molecule has 78 valence electrons. The van der Waals surface area contributed by atoms with Crippen LogP contribution in [0.15, 0.2) is 12.7 Å². The molecule has 5 nitrogen and oxygen atoms in total. The second-order valence-corrected chi connectivity index (χ2v) is 3.70. The highest BCUT2D eigenvalue weighted by atomic mass is 16.1. The molecule has 0 saturated heterocycles. The Morgan fingerprint density at radius 2 is 2.07 bits per heavy atom. The van der Waals surface area contributed by atoms with Crippen LogP contribution in [-0.2, 0) is 0 Å². The van der Waals surface area contributed by atoms with E-state index in [0.29, 0.717) is 16.9 Å². The van der Waals surface area contributed by atoms with Crippen molar-refractivity contribution in [2.75, 3.05) is 0 Å². The summed E-state index contributed by atoms with van der Waals surface area (Å²) in [7, 11) is 0. The fourth-order valence-corrected chi connectivity index (χ4v) is 1.49. The minimum atomic E-state index is -0.0867. The standard InChI is InChI=1S/C10H12N4O/c1-6(2)14-5-13-9-8(7(3)15)11-4-12-10(9)14/h4-6H,1-3H3. The first kappa shape index (κ1) is 9.76. The second-order valence-electron chi connectivity index (χ2n) is 3.70. The molecule has 0 aliphatic carbocycles. The third-order valence-corrected chi connectivity index (χ3v) is 2.25. The van der Waals surface area contributed by atoms with Gasteiger partial charge in [0.15, 0.2) is 11.4 Å². The molecule has 0 aromatic carbocycles. The molecule has 5 heteroatoms. The zero-order valence-electron chi connectivity index (χ0n) is 8.93. The van der Waals surface area contributed by atoms with E-state index in [0.717, 1.165) is 0 Å². The van der Waals surface area contributed by atoms with Crippen LogP contribution >= 0.6 is 0 Å². The summed E-state index contributed by atoms with van der Waals surface area (Å²) >= 11 is 0. The Morgan fingerprint density at radius 1 is 1.33 bits per heavy atom. The van der Waals surface area contributed by atoms with Crippen molar-refractivity contribution in [3.63, 3.8) is 0 Å². The first-order valence-electron chi connectivity index (χ1n) is 4.79. The SMILES string of the molecule is CC(=O)c1ncnc2c1ncn2C(C)C. The molecule has 0 aliphatic heterocycles. The molecule has 0 spiro atoms. The van der Waals surface area contributed by atoms with Crippen LogP contribution in [0.25, 0.3) is 11.2 Å². The van der Waals surface area contributed by atoms with Gasteiger partial charge in [-0.25, -0.2) is 15.0 Å². The van der Waals surface area contributed by atoms with Gasteiger partial charge in [0.25, 0.3) is 0 Å². The summed E-state index contributed by atoms with van der Waals surface area (Å²) in [6.07, 6.45) is 3.09. The summed E-state index contributed by atoms with van der Waals surface area (Å²) in [5.41, 5.74) is 1.68. The van der Waals surface area contributed by atoms with Crippen molar-refractivity contribution in [3.05, 3.63) is 18.3 Å². The normalized spacial score (nSPS) is 11.2. The zero-order chi connectivity index (χ0) is 11.0. The number of Topliss-reactive ketones (excluding diaryl/α,β-unsaturated/α-hetero) is 1. The van der Waals surface area contributed by atoms with Crippen molar-refractivity contribution < 1.29 is 4.79 Å². The number of hydrogen-bond acceptors (Lipinski definition) is 4. The molecule has 0 bridgehead atoms. The molecule has 2 aromatic rings. The lowest BCUT2D eigenvalue weighted by molar-refractivity contribution is 0.101. The fourth-order valence-electron chi connectivity index (χ4n) is 1.49. The molecule has 0 atom stereocenters. The van der Waals surface area contributed by atoms with Gasteiger partial charge in [0.05, 0.1) is 6.33 Å². The Kier molecular flexibility index (Phi) is 2.22. The molecule has 2 heterocycles. The van der Waals surface area contributed by atoms with Crippen molar-refractivity contribution in [1.82, 2.24) is 19.5 Å². The van der Waals surface area contributed by atoms with Gasteiger partial charge in [-0.2, -0.15) is 0 Å². The summed E-state index contributed by atoms with van der Waals surface area (Å²) in [4.78, 5) is 23.6. The smallest absolute Gasteiger partial charge is 0.180 e. The lowest BCUT2D eigenvalue weighted by Crippen LogP contribution is -2.03. The highest BCUT2D eigenvalue weighted by Gasteiger charge is 2.13. The van der Waals surface area contributed by atoms with E-state index in [2.05, 4.69) is 15.0 Å². The minimum Gasteiger partial charge on any atom is -0.313 e. The number of carbonyl (C=O) groups excluding carboxylic acids is 1. The van der Waals surface area contributed by atoms with Gasteiger partial charge < -0.3 is 4.57 Å². The average molecular weight is 204 g/mol. The van der Waals surface area contributed by atoms with Crippen molar-refractivity contribution >= 4 is 16.9 Å². The Bertz CT molecular complexity index is 515. The quantitative estimate of drug-likeness (QED) is 0.697. The van der Waals surface area contributed by atoms with E-state index < -0.39 is 0 Å². The van der Waals surface area contributed by atoms with E-state index in [4.69, 9.17) is 0 Å². The monoisotopic (exact) mass is 204 g/mol. The maximum atomic E-state index is 11.3. The predicted octanol–water partition coefficient (Wildman–Crippen LogP) is 1.61. The molecule has 0 N–H and O–H groups in total. The van der Waals surface area contributed by atoms with Gasteiger partial charge in [-0.3, -0.25) is 4.79 Å². The van der Waals surface area contributed by atoms with E-state index in [1.807, 2.05) is 18.4 Å². The van der Waals surface area contributed by atoms with Crippen LogP contribution < -0.4 is 0 Å². The zero-order valence-corrected chi connectivity index (χ0v) is 8.93. The highest BCUT2D eigenvalue weighted by molar-refractivity contribution is 6.01. The number of fused-ring (bicyclic) bond motifs is 1. The third-order valence-electron chi connectivity index (χ3n) is 2.25. The summed E-state index contributed by atoms with van der Waals surface area (Å²) in [6.45, 7) is 5.56. The molecule has 2 rings (SSSR count). The number of nitrogens with zero attached hydrogens (tertiary/aromatic N) is 4. The largest absolute Gasteiger partial charge is 0.313 e. The van der Waals surface area contributed by atoms with Crippen LogP contribution in [0.3, 0.4) is 0 Å². The third kappa shape index (κ3) is 1.49. The molecule has 0 saturated carbocycles. The maximum Gasteiger partial charge on any atom is 0.180 e. The van der Waals surface area contributed by atoms with Crippen LogP contribution in [0, 0.1) is 0 Å². The first-order valence-corrected chi connectivity index (χ1v) is 4.79. The van der Waals surface area contributed by atoms with Crippen LogP contribution in [0.1, 0.15) is 37.3 Å². The number of carbonyl (C=O) groups is 1. The lowest BCUT2D eigenvalue weighted by atomic mass is 10.3. The number of ketones is 1. The van der Waals surface area contributed by atoms with Crippen LogP contribution in [0.2, 0.25) is 0 Å². The predicted molar refractivity (Wildman–Crippen MR) is 55.7 cm³/mol. The summed E-state index contributed by atoms with van der Waals surface area (Å²) in [6, 6.07) is 0.268. The molecular weight excluding hydrogens is 192 g/mol. The molecule has 2 aromatic heterocycles. The molecule has 0 unspecified atom stereocenters. The Morgan fingerprint density at radius 3 is 2.67 bits per heavy atom. The van der Waals surface area contributed by atoms with E-state index in [9.17, 15) is 4.79 Å². The first-order chi connectivity index (χ1) is 7.11. The van der Waals surface area contributed by atoms with E-state index in [-0.39, 0.29) is 11.8 Å². The Balaban J connectivity index is 2.74. The summed E-state index contributed by atoms with van der Waals surface area (Å²) in [5, 5.41) is 0. The average Bonchev–Trinajstić information content (AvgIpc) is 2.59. The van der Waals surface area contributed by atoms with Crippen molar-refractivity contribution in [1.29, 1.82) is 0 Å². The van der Waals surface area contributed by atoms with Gasteiger partial charge in [0.2, 0.25) is 0 Å². The number of rotatable bonds is 2. The van der Waals surface area contributed by atoms with Gasteiger partial charge in [0, 0.05) is 13.0 Å². The number of hydrogen-bond donors (Lipinski definition) is 0. The van der Waals surface area contributed by atoms with Gasteiger partial charge >= 0.3 is 0 Å². The molecule has 0 amide bonds. The second kappa shape index (κ2) is 3.42. The Labute approximate surface area is 87.2 Å². The highest BCUT2D eigenvalue weighted by Crippen LogP contribution is 2.16. The summed E-state index contributed by atoms with van der Waals surface area (Å²) in [5.74, 6) is -0.0867. The maximum absolute atomic E-state index is 11.3. The van der Waals surface area contributed by atoms with E-state index in [1.165, 1.54) is 13.3 Å². The van der Waals surface area contributed by atoms with Gasteiger partial charge in [-0.1, -0.05) is 0 Å². The van der Waals surface area contributed by atoms with E-state index >= 15 is 0 Å². The number of imidazole rings is 1. The molecule has 15 heavy (non-hydrogen) atoms. The summed E-state index contributed by atoms with van der Waals surface area (Å²) < 4.78 is 1.92.